The van der Waals surface area contributed by atoms with Gasteiger partial charge in [-0.1, -0.05) is 27.7 Å². The molecule has 2 unspecified atom stereocenters. The molecule has 158 valence electrons. The largest absolute Gasteiger partial charge is 0.321 e. The number of anilines is 1. The summed E-state index contributed by atoms with van der Waals surface area (Å²) < 4.78 is 27.5. The molecule has 8 heteroatoms. The number of carbonyl (C=O) groups excluding carboxylic acids is 1. The van der Waals surface area contributed by atoms with Crippen LogP contribution in [0.3, 0.4) is 0 Å². The highest BCUT2D eigenvalue weighted by atomic mass is 32.2. The zero-order valence-corrected chi connectivity index (χ0v) is 19.2. The standard InChI is InChI=1S/C21H29N3O3S2/c1-13(2)21-22-16(5)19(28-21)20(25)23-17-6-8-18(9-7-17)29(26,27)24-11-14(3)10-15(4)12-24/h6-9,13-15H,10-12H2,1-5H3,(H,23,25). The van der Waals surface area contributed by atoms with Gasteiger partial charge < -0.3 is 5.32 Å². The second-order valence-corrected chi connectivity index (χ2v) is 11.3. The first-order valence-electron chi connectivity index (χ1n) is 9.96. The van der Waals surface area contributed by atoms with Crippen LogP contribution in [-0.4, -0.2) is 36.7 Å². The van der Waals surface area contributed by atoms with Crippen LogP contribution in [0.25, 0.3) is 0 Å². The van der Waals surface area contributed by atoms with Crippen LogP contribution in [0.15, 0.2) is 29.2 Å². The van der Waals surface area contributed by atoms with Crippen molar-refractivity contribution in [1.29, 1.82) is 0 Å². The zero-order chi connectivity index (χ0) is 21.3. The number of rotatable bonds is 5. The molecule has 6 nitrogen and oxygen atoms in total. The molecule has 0 aliphatic carbocycles. The second kappa shape index (κ2) is 8.53. The predicted molar refractivity (Wildman–Crippen MR) is 117 cm³/mol. The van der Waals surface area contributed by atoms with Crippen molar-refractivity contribution in [2.75, 3.05) is 18.4 Å². The number of carbonyl (C=O) groups is 1. The number of amides is 1. The lowest BCUT2D eigenvalue weighted by Gasteiger charge is -2.34. The highest BCUT2D eigenvalue weighted by Crippen LogP contribution is 2.28. The molecular weight excluding hydrogens is 406 g/mol. The summed E-state index contributed by atoms with van der Waals surface area (Å²) >= 11 is 1.40. The van der Waals surface area contributed by atoms with E-state index in [9.17, 15) is 13.2 Å². The summed E-state index contributed by atoms with van der Waals surface area (Å²) in [5.41, 5.74) is 1.27. The predicted octanol–water partition coefficient (Wildman–Crippen LogP) is 4.49. The van der Waals surface area contributed by atoms with Gasteiger partial charge in [-0.3, -0.25) is 4.79 Å². The Hall–Kier alpha value is -1.77. The topological polar surface area (TPSA) is 79.4 Å². The molecule has 0 bridgehead atoms. The molecule has 3 rings (SSSR count). The Morgan fingerprint density at radius 2 is 1.76 bits per heavy atom. The number of thiazole rings is 1. The van der Waals surface area contributed by atoms with E-state index < -0.39 is 10.0 Å². The molecule has 1 aliphatic heterocycles. The molecule has 1 amide bonds. The van der Waals surface area contributed by atoms with Crippen molar-refractivity contribution in [1.82, 2.24) is 9.29 Å². The van der Waals surface area contributed by atoms with E-state index in [0.717, 1.165) is 11.4 Å². The van der Waals surface area contributed by atoms with Crippen LogP contribution in [0.2, 0.25) is 0 Å². The summed E-state index contributed by atoms with van der Waals surface area (Å²) in [6.45, 7) is 11.2. The van der Waals surface area contributed by atoms with E-state index in [0.29, 0.717) is 41.2 Å². The van der Waals surface area contributed by atoms with Crippen LogP contribution < -0.4 is 5.32 Å². The summed E-state index contributed by atoms with van der Waals surface area (Å²) in [6, 6.07) is 6.41. The van der Waals surface area contributed by atoms with Gasteiger partial charge in [0.25, 0.3) is 5.91 Å². The van der Waals surface area contributed by atoms with Gasteiger partial charge in [-0.05, 0) is 49.4 Å². The molecule has 2 atom stereocenters. The quantitative estimate of drug-likeness (QED) is 0.750. The maximum atomic E-state index is 13.0. The highest BCUT2D eigenvalue weighted by Gasteiger charge is 2.31. The Morgan fingerprint density at radius 3 is 2.28 bits per heavy atom. The number of hydrogen-bond acceptors (Lipinski definition) is 5. The average Bonchev–Trinajstić information content (AvgIpc) is 3.03. The van der Waals surface area contributed by atoms with Crippen LogP contribution in [0, 0.1) is 18.8 Å². The third kappa shape index (κ3) is 4.87. The van der Waals surface area contributed by atoms with Crippen molar-refractivity contribution >= 4 is 33.0 Å². The summed E-state index contributed by atoms with van der Waals surface area (Å²) in [5, 5.41) is 3.78. The average molecular weight is 436 g/mol. The lowest BCUT2D eigenvalue weighted by Crippen LogP contribution is -2.42. The lowest BCUT2D eigenvalue weighted by atomic mass is 9.94. The Bertz CT molecular complexity index is 971. The smallest absolute Gasteiger partial charge is 0.267 e. The number of nitrogens with zero attached hydrogens (tertiary/aromatic N) is 2. The van der Waals surface area contributed by atoms with Gasteiger partial charge in [0.05, 0.1) is 15.6 Å². The van der Waals surface area contributed by atoms with Crippen molar-refractivity contribution in [2.24, 2.45) is 11.8 Å². The number of nitrogens with one attached hydrogen (secondary N) is 1. The van der Waals surface area contributed by atoms with E-state index >= 15 is 0 Å². The van der Waals surface area contributed by atoms with Crippen LogP contribution in [0.1, 0.15) is 60.4 Å². The first-order valence-corrected chi connectivity index (χ1v) is 12.2. The minimum atomic E-state index is -3.53. The van der Waals surface area contributed by atoms with E-state index in [1.807, 2.05) is 20.8 Å². The second-order valence-electron chi connectivity index (χ2n) is 8.37. The van der Waals surface area contributed by atoms with Gasteiger partial charge in [-0.15, -0.1) is 11.3 Å². The van der Waals surface area contributed by atoms with Crippen molar-refractivity contribution in [3.8, 4) is 0 Å². The molecule has 1 saturated heterocycles. The van der Waals surface area contributed by atoms with E-state index in [4.69, 9.17) is 0 Å². The number of piperidine rings is 1. The molecule has 1 N–H and O–H groups in total. The third-order valence-electron chi connectivity index (χ3n) is 5.10. The molecule has 1 aromatic carbocycles. The molecule has 0 radical (unpaired) electrons. The molecular formula is C21H29N3O3S2. The Kier molecular flexibility index (Phi) is 6.45. The number of sulfonamides is 1. The minimum absolute atomic E-state index is 0.221. The van der Waals surface area contributed by atoms with Crippen LogP contribution in [-0.2, 0) is 10.0 Å². The van der Waals surface area contributed by atoms with Crippen LogP contribution >= 0.6 is 11.3 Å². The van der Waals surface area contributed by atoms with Crippen LogP contribution in [0.4, 0.5) is 5.69 Å². The molecule has 0 saturated carbocycles. The fourth-order valence-corrected chi connectivity index (χ4v) is 6.37. The van der Waals surface area contributed by atoms with Crippen molar-refractivity contribution in [3.05, 3.63) is 39.8 Å². The first kappa shape index (κ1) is 21.9. The number of benzene rings is 1. The van der Waals surface area contributed by atoms with E-state index in [1.165, 1.54) is 11.3 Å². The maximum absolute atomic E-state index is 13.0. The fourth-order valence-electron chi connectivity index (χ4n) is 3.72. The highest BCUT2D eigenvalue weighted by molar-refractivity contribution is 7.89. The SMILES string of the molecule is Cc1nc(C(C)C)sc1C(=O)Nc1ccc(S(=O)(=O)N2CC(C)CC(C)C2)cc1. The summed E-state index contributed by atoms with van der Waals surface area (Å²) in [4.78, 5) is 17.9. The summed E-state index contributed by atoms with van der Waals surface area (Å²) in [7, 11) is -3.53. The van der Waals surface area contributed by atoms with Gasteiger partial charge in [0.1, 0.15) is 4.88 Å². The maximum Gasteiger partial charge on any atom is 0.267 e. The number of aryl methyl sites for hydroxylation is 1. The molecule has 1 aromatic heterocycles. The van der Waals surface area contributed by atoms with Crippen molar-refractivity contribution in [3.63, 3.8) is 0 Å². The Morgan fingerprint density at radius 1 is 1.17 bits per heavy atom. The van der Waals surface area contributed by atoms with Gasteiger partial charge >= 0.3 is 0 Å². The van der Waals surface area contributed by atoms with Crippen molar-refractivity contribution < 1.29 is 13.2 Å². The molecule has 29 heavy (non-hydrogen) atoms. The number of hydrogen-bond donors (Lipinski definition) is 1. The number of aromatic nitrogens is 1. The van der Waals surface area contributed by atoms with E-state index in [-0.39, 0.29) is 16.7 Å². The van der Waals surface area contributed by atoms with Gasteiger partial charge in [0.15, 0.2) is 0 Å². The molecule has 2 aromatic rings. The Balaban J connectivity index is 1.74. The normalized spacial score (nSPS) is 20.8. The Labute approximate surface area is 177 Å². The molecule has 1 aliphatic rings. The van der Waals surface area contributed by atoms with Gasteiger partial charge in [-0.2, -0.15) is 4.31 Å². The van der Waals surface area contributed by atoms with Gasteiger partial charge in [-0.25, -0.2) is 13.4 Å². The summed E-state index contributed by atoms with van der Waals surface area (Å²) in [6.07, 6.45) is 1.05. The molecule has 2 heterocycles. The molecule has 0 spiro atoms. The van der Waals surface area contributed by atoms with Crippen molar-refractivity contribution in [2.45, 2.75) is 51.9 Å². The monoisotopic (exact) mass is 435 g/mol. The first-order chi connectivity index (χ1) is 13.6. The van der Waals surface area contributed by atoms with Gasteiger partial charge in [0, 0.05) is 24.7 Å². The van der Waals surface area contributed by atoms with Crippen LogP contribution in [0.5, 0.6) is 0 Å². The van der Waals surface area contributed by atoms with E-state index in [2.05, 4.69) is 24.1 Å². The lowest BCUT2D eigenvalue weighted by molar-refractivity contribution is 0.103. The third-order valence-corrected chi connectivity index (χ3v) is 8.40. The zero-order valence-electron chi connectivity index (χ0n) is 17.6. The summed E-state index contributed by atoms with van der Waals surface area (Å²) in [5.74, 6) is 0.752. The van der Waals surface area contributed by atoms with Gasteiger partial charge in [0.2, 0.25) is 10.0 Å². The molecule has 1 fully saturated rings. The minimum Gasteiger partial charge on any atom is -0.321 e. The van der Waals surface area contributed by atoms with E-state index in [1.54, 1.807) is 28.6 Å². The fraction of sp³-hybridized carbons (Fsp3) is 0.524.